The number of nitrogens with zero attached hydrogens (tertiary/aromatic N) is 1. The van der Waals surface area contributed by atoms with Gasteiger partial charge in [-0.3, -0.25) is 4.79 Å². The van der Waals surface area contributed by atoms with E-state index in [1.54, 1.807) is 37.5 Å². The Kier molecular flexibility index (Phi) is 2.82. The molecule has 0 amide bonds. The second-order valence-corrected chi connectivity index (χ2v) is 3.63. The molecular formula is C12H11NO4. The molecule has 0 saturated heterocycles. The molecule has 0 fully saturated rings. The van der Waals surface area contributed by atoms with Crippen molar-refractivity contribution in [3.8, 4) is 5.75 Å². The average Bonchev–Trinajstić information content (AvgIpc) is 2.31. The van der Waals surface area contributed by atoms with E-state index in [1.807, 2.05) is 0 Å². The van der Waals surface area contributed by atoms with Gasteiger partial charge in [-0.2, -0.15) is 0 Å². The molecule has 5 heteroatoms. The molecule has 1 heterocycles. The summed E-state index contributed by atoms with van der Waals surface area (Å²) in [5, 5.41) is 9.69. The molecular weight excluding hydrogens is 222 g/mol. The fraction of sp³-hybridized carbons (Fsp3) is 0.167. The predicted octanol–water partition coefficient (Wildman–Crippen LogP) is 1.00. The molecule has 2 aromatic rings. The standard InChI is InChI=1S/C12H11NO4/c1-13-6-5-8-9(12(13)16)3-2-4-10(8)17-7-11(14)15/h2-6H,7H2,1H3,(H,14,15). The van der Waals surface area contributed by atoms with E-state index in [2.05, 4.69) is 0 Å². The van der Waals surface area contributed by atoms with Crippen LogP contribution >= 0.6 is 0 Å². The number of hydrogen-bond donors (Lipinski definition) is 1. The van der Waals surface area contributed by atoms with Crippen LogP contribution in [-0.4, -0.2) is 22.2 Å². The number of hydrogen-bond acceptors (Lipinski definition) is 3. The smallest absolute Gasteiger partial charge is 0.341 e. The highest BCUT2D eigenvalue weighted by molar-refractivity contribution is 5.87. The number of ether oxygens (including phenoxy) is 1. The van der Waals surface area contributed by atoms with Crippen LogP contribution in [0.3, 0.4) is 0 Å². The number of carboxylic acids is 1. The summed E-state index contributed by atoms with van der Waals surface area (Å²) >= 11 is 0. The molecule has 0 aliphatic rings. The van der Waals surface area contributed by atoms with Crippen molar-refractivity contribution in [1.29, 1.82) is 0 Å². The summed E-state index contributed by atoms with van der Waals surface area (Å²) in [6.07, 6.45) is 1.62. The normalized spacial score (nSPS) is 10.4. The lowest BCUT2D eigenvalue weighted by Crippen LogP contribution is -2.16. The first-order valence-corrected chi connectivity index (χ1v) is 5.02. The molecule has 0 aliphatic carbocycles. The Morgan fingerprint density at radius 2 is 2.12 bits per heavy atom. The van der Waals surface area contributed by atoms with Crippen molar-refractivity contribution in [1.82, 2.24) is 4.57 Å². The fourth-order valence-electron chi connectivity index (χ4n) is 1.61. The molecule has 5 nitrogen and oxygen atoms in total. The minimum atomic E-state index is -1.05. The zero-order valence-corrected chi connectivity index (χ0v) is 9.21. The van der Waals surface area contributed by atoms with Crippen LogP contribution in [0.1, 0.15) is 0 Å². The molecule has 1 aromatic carbocycles. The summed E-state index contributed by atoms with van der Waals surface area (Å²) in [6.45, 7) is -0.422. The molecule has 0 aliphatic heterocycles. The molecule has 0 radical (unpaired) electrons. The third-order valence-corrected chi connectivity index (χ3v) is 2.43. The summed E-state index contributed by atoms with van der Waals surface area (Å²) in [4.78, 5) is 22.2. The number of carboxylic acid groups (broad SMARTS) is 1. The molecule has 0 unspecified atom stereocenters. The van der Waals surface area contributed by atoms with Crippen LogP contribution in [0.25, 0.3) is 10.8 Å². The van der Waals surface area contributed by atoms with Crippen LogP contribution < -0.4 is 10.3 Å². The molecule has 0 atom stereocenters. The van der Waals surface area contributed by atoms with E-state index in [0.29, 0.717) is 16.5 Å². The second-order valence-electron chi connectivity index (χ2n) is 3.63. The first-order valence-electron chi connectivity index (χ1n) is 5.02. The first-order chi connectivity index (χ1) is 8.09. The third-order valence-electron chi connectivity index (χ3n) is 2.43. The molecule has 1 aromatic heterocycles. The van der Waals surface area contributed by atoms with E-state index in [1.165, 1.54) is 4.57 Å². The third kappa shape index (κ3) is 2.13. The van der Waals surface area contributed by atoms with E-state index in [9.17, 15) is 9.59 Å². The SMILES string of the molecule is Cn1ccc2c(OCC(=O)O)cccc2c1=O. The quantitative estimate of drug-likeness (QED) is 0.858. The van der Waals surface area contributed by atoms with Crippen LogP contribution in [0.5, 0.6) is 5.75 Å². The highest BCUT2D eigenvalue weighted by Gasteiger charge is 2.07. The lowest BCUT2D eigenvalue weighted by atomic mass is 10.1. The van der Waals surface area contributed by atoms with Crippen molar-refractivity contribution < 1.29 is 14.6 Å². The van der Waals surface area contributed by atoms with Crippen molar-refractivity contribution in [3.63, 3.8) is 0 Å². The van der Waals surface area contributed by atoms with Crippen molar-refractivity contribution in [2.45, 2.75) is 0 Å². The van der Waals surface area contributed by atoms with E-state index < -0.39 is 12.6 Å². The summed E-state index contributed by atoms with van der Waals surface area (Å²) in [5.74, 6) is -0.645. The lowest BCUT2D eigenvalue weighted by molar-refractivity contribution is -0.139. The second kappa shape index (κ2) is 4.29. The zero-order valence-electron chi connectivity index (χ0n) is 9.21. The van der Waals surface area contributed by atoms with Gasteiger partial charge in [0.25, 0.3) is 5.56 Å². The number of pyridine rings is 1. The van der Waals surface area contributed by atoms with Gasteiger partial charge in [-0.15, -0.1) is 0 Å². The maximum absolute atomic E-state index is 11.8. The summed E-state index contributed by atoms with van der Waals surface area (Å²) < 4.78 is 6.59. The Morgan fingerprint density at radius 1 is 1.35 bits per heavy atom. The van der Waals surface area contributed by atoms with E-state index in [0.717, 1.165) is 0 Å². The highest BCUT2D eigenvalue weighted by atomic mass is 16.5. The molecule has 2 rings (SSSR count). The Labute approximate surface area is 96.9 Å². The molecule has 0 bridgehead atoms. The number of fused-ring (bicyclic) bond motifs is 1. The number of aryl methyl sites for hydroxylation is 1. The number of aliphatic carboxylic acids is 1. The lowest BCUT2D eigenvalue weighted by Gasteiger charge is -2.07. The van der Waals surface area contributed by atoms with E-state index in [-0.39, 0.29) is 5.56 Å². The molecule has 0 spiro atoms. The summed E-state index contributed by atoms with van der Waals surface area (Å²) in [6, 6.07) is 6.73. The van der Waals surface area contributed by atoms with Gasteiger partial charge in [-0.05, 0) is 18.2 Å². The van der Waals surface area contributed by atoms with Gasteiger partial charge in [0.05, 0.1) is 5.39 Å². The maximum Gasteiger partial charge on any atom is 0.341 e. The van der Waals surface area contributed by atoms with Crippen molar-refractivity contribution in [2.24, 2.45) is 7.05 Å². The first kappa shape index (κ1) is 11.2. The molecule has 0 saturated carbocycles. The van der Waals surface area contributed by atoms with Gasteiger partial charge in [0, 0.05) is 18.6 Å². The predicted molar refractivity (Wildman–Crippen MR) is 62.3 cm³/mol. The number of benzene rings is 1. The van der Waals surface area contributed by atoms with Gasteiger partial charge in [-0.1, -0.05) is 6.07 Å². The molecule has 1 N–H and O–H groups in total. The van der Waals surface area contributed by atoms with Crippen molar-refractivity contribution in [2.75, 3.05) is 6.61 Å². The minimum Gasteiger partial charge on any atom is -0.481 e. The Balaban J connectivity index is 2.55. The van der Waals surface area contributed by atoms with Crippen LogP contribution in [0, 0.1) is 0 Å². The average molecular weight is 233 g/mol. The highest BCUT2D eigenvalue weighted by Crippen LogP contribution is 2.22. The van der Waals surface area contributed by atoms with Crippen molar-refractivity contribution >= 4 is 16.7 Å². The number of rotatable bonds is 3. The van der Waals surface area contributed by atoms with Crippen LogP contribution in [0.15, 0.2) is 35.3 Å². The maximum atomic E-state index is 11.8. The molecule has 17 heavy (non-hydrogen) atoms. The van der Waals surface area contributed by atoms with Gasteiger partial charge < -0.3 is 14.4 Å². The van der Waals surface area contributed by atoms with Gasteiger partial charge in [0.2, 0.25) is 0 Å². The molecule has 88 valence electrons. The Bertz CT molecular complexity index is 630. The summed E-state index contributed by atoms with van der Waals surface area (Å²) in [7, 11) is 1.66. The van der Waals surface area contributed by atoms with E-state index in [4.69, 9.17) is 9.84 Å². The van der Waals surface area contributed by atoms with Crippen LogP contribution in [0.2, 0.25) is 0 Å². The number of aromatic nitrogens is 1. The monoisotopic (exact) mass is 233 g/mol. The van der Waals surface area contributed by atoms with Crippen LogP contribution in [-0.2, 0) is 11.8 Å². The van der Waals surface area contributed by atoms with Gasteiger partial charge >= 0.3 is 5.97 Å². The summed E-state index contributed by atoms with van der Waals surface area (Å²) in [5.41, 5.74) is -0.136. The Hall–Kier alpha value is -2.30. The van der Waals surface area contributed by atoms with Gasteiger partial charge in [-0.25, -0.2) is 4.79 Å². The topological polar surface area (TPSA) is 68.5 Å². The minimum absolute atomic E-state index is 0.136. The fourth-order valence-corrected chi connectivity index (χ4v) is 1.61. The van der Waals surface area contributed by atoms with Gasteiger partial charge in [0.1, 0.15) is 5.75 Å². The van der Waals surface area contributed by atoms with Crippen LogP contribution in [0.4, 0.5) is 0 Å². The van der Waals surface area contributed by atoms with Gasteiger partial charge in [0.15, 0.2) is 6.61 Å². The number of carbonyl (C=O) groups is 1. The Morgan fingerprint density at radius 3 is 2.82 bits per heavy atom. The largest absolute Gasteiger partial charge is 0.481 e. The van der Waals surface area contributed by atoms with E-state index >= 15 is 0 Å². The zero-order chi connectivity index (χ0) is 12.4. The van der Waals surface area contributed by atoms with Crippen molar-refractivity contribution in [3.05, 3.63) is 40.8 Å².